The van der Waals surface area contributed by atoms with Gasteiger partial charge in [0.1, 0.15) is 0 Å². The van der Waals surface area contributed by atoms with Crippen molar-refractivity contribution in [2.24, 2.45) is 5.92 Å². The first-order valence-corrected chi connectivity index (χ1v) is 5.80. The van der Waals surface area contributed by atoms with Crippen LogP contribution in [0.4, 0.5) is 13.2 Å². The Morgan fingerprint density at radius 3 is 2.31 bits per heavy atom. The first-order valence-electron chi connectivity index (χ1n) is 5.80. The summed E-state index contributed by atoms with van der Waals surface area (Å²) in [6.45, 7) is 4.21. The number of aliphatic hydroxyl groups is 1. The zero-order chi connectivity index (χ0) is 12.6. The molecule has 0 aliphatic carbocycles. The zero-order valence-corrected chi connectivity index (χ0v) is 9.98. The van der Waals surface area contributed by atoms with E-state index in [9.17, 15) is 13.2 Å². The third-order valence-corrected chi connectivity index (χ3v) is 2.53. The number of alkyl halides is 3. The van der Waals surface area contributed by atoms with Crippen molar-refractivity contribution in [1.82, 2.24) is 5.32 Å². The summed E-state index contributed by atoms with van der Waals surface area (Å²) in [6.07, 6.45) is -2.33. The Labute approximate surface area is 95.2 Å². The molecule has 0 amide bonds. The van der Waals surface area contributed by atoms with Gasteiger partial charge in [0.2, 0.25) is 0 Å². The summed E-state index contributed by atoms with van der Waals surface area (Å²) in [7, 11) is 0. The lowest BCUT2D eigenvalue weighted by atomic mass is 10.00. The minimum absolute atomic E-state index is 0.0972. The van der Waals surface area contributed by atoms with Crippen LogP contribution >= 0.6 is 0 Å². The Morgan fingerprint density at radius 2 is 1.88 bits per heavy atom. The molecule has 2 atom stereocenters. The van der Waals surface area contributed by atoms with Crippen molar-refractivity contribution in [3.8, 4) is 0 Å². The Bertz CT molecular complexity index is 167. The maximum atomic E-state index is 12.0. The van der Waals surface area contributed by atoms with Crippen LogP contribution in [0, 0.1) is 5.92 Å². The minimum atomic E-state index is -4.11. The lowest BCUT2D eigenvalue weighted by molar-refractivity contribution is -0.139. The molecule has 5 heteroatoms. The maximum absolute atomic E-state index is 12.0. The molecule has 2 nitrogen and oxygen atoms in total. The first-order chi connectivity index (χ1) is 7.39. The number of rotatable bonds is 8. The summed E-state index contributed by atoms with van der Waals surface area (Å²) in [4.78, 5) is 0. The molecule has 0 aromatic carbocycles. The average molecular weight is 241 g/mol. The molecule has 0 radical (unpaired) electrons. The standard InChI is InChI=1S/C11H22F3NO/c1-3-4-10(5-6-16)8-15-9(2)7-11(12,13)14/h9-10,15-16H,3-8H2,1-2H3. The molecule has 0 bridgehead atoms. The van der Waals surface area contributed by atoms with Gasteiger partial charge in [-0.05, 0) is 32.2 Å². The van der Waals surface area contributed by atoms with E-state index in [1.807, 2.05) is 6.92 Å². The van der Waals surface area contributed by atoms with Crippen LogP contribution in [0.1, 0.15) is 39.5 Å². The second kappa shape index (κ2) is 7.90. The van der Waals surface area contributed by atoms with Crippen LogP contribution in [0.15, 0.2) is 0 Å². The Kier molecular flexibility index (Phi) is 7.76. The highest BCUT2D eigenvalue weighted by Crippen LogP contribution is 2.21. The van der Waals surface area contributed by atoms with Crippen molar-refractivity contribution >= 4 is 0 Å². The van der Waals surface area contributed by atoms with Crippen LogP contribution in [0.25, 0.3) is 0 Å². The van der Waals surface area contributed by atoms with E-state index in [-0.39, 0.29) is 12.5 Å². The number of hydrogen-bond donors (Lipinski definition) is 2. The number of aliphatic hydroxyl groups excluding tert-OH is 1. The van der Waals surface area contributed by atoms with Gasteiger partial charge in [-0.25, -0.2) is 0 Å². The fourth-order valence-electron chi connectivity index (χ4n) is 1.73. The predicted octanol–water partition coefficient (Wildman–Crippen LogP) is 2.72. The van der Waals surface area contributed by atoms with Gasteiger partial charge in [0, 0.05) is 12.6 Å². The third-order valence-electron chi connectivity index (χ3n) is 2.53. The molecule has 2 N–H and O–H groups in total. The van der Waals surface area contributed by atoms with Gasteiger partial charge in [-0.15, -0.1) is 0 Å². The molecule has 98 valence electrons. The maximum Gasteiger partial charge on any atom is 0.390 e. The molecule has 0 saturated carbocycles. The van der Waals surface area contributed by atoms with E-state index in [0.717, 1.165) is 12.8 Å². The normalized spacial score (nSPS) is 16.1. The van der Waals surface area contributed by atoms with Gasteiger partial charge >= 0.3 is 6.18 Å². The molecule has 0 spiro atoms. The van der Waals surface area contributed by atoms with Crippen LogP contribution in [-0.2, 0) is 0 Å². The van der Waals surface area contributed by atoms with Crippen LogP contribution < -0.4 is 5.32 Å². The van der Waals surface area contributed by atoms with Gasteiger partial charge in [-0.3, -0.25) is 0 Å². The van der Waals surface area contributed by atoms with E-state index in [2.05, 4.69) is 5.32 Å². The van der Waals surface area contributed by atoms with Crippen LogP contribution in [0.2, 0.25) is 0 Å². The lowest BCUT2D eigenvalue weighted by Crippen LogP contribution is -2.35. The van der Waals surface area contributed by atoms with Crippen molar-refractivity contribution in [1.29, 1.82) is 0 Å². The molecule has 2 unspecified atom stereocenters. The van der Waals surface area contributed by atoms with E-state index < -0.39 is 18.6 Å². The Balaban J connectivity index is 3.81. The highest BCUT2D eigenvalue weighted by Gasteiger charge is 2.29. The fourth-order valence-corrected chi connectivity index (χ4v) is 1.73. The van der Waals surface area contributed by atoms with Crippen molar-refractivity contribution < 1.29 is 18.3 Å². The molecule has 0 saturated heterocycles. The quantitative estimate of drug-likeness (QED) is 0.685. The summed E-state index contributed by atoms with van der Waals surface area (Å²) >= 11 is 0. The molecule has 0 heterocycles. The van der Waals surface area contributed by atoms with E-state index in [0.29, 0.717) is 13.0 Å². The molecule has 0 rings (SSSR count). The van der Waals surface area contributed by atoms with E-state index in [1.54, 1.807) is 0 Å². The summed E-state index contributed by atoms with van der Waals surface area (Å²) in [5.74, 6) is 0.269. The highest BCUT2D eigenvalue weighted by atomic mass is 19.4. The van der Waals surface area contributed by atoms with Crippen molar-refractivity contribution in [3.05, 3.63) is 0 Å². The fraction of sp³-hybridized carbons (Fsp3) is 1.00. The smallest absolute Gasteiger partial charge is 0.390 e. The third kappa shape index (κ3) is 8.97. The summed E-state index contributed by atoms with van der Waals surface area (Å²) < 4.78 is 36.1. The van der Waals surface area contributed by atoms with Crippen LogP contribution in [0.3, 0.4) is 0 Å². The molecule has 0 aliphatic rings. The molecule has 0 fully saturated rings. The molecular formula is C11H22F3NO. The van der Waals surface area contributed by atoms with Crippen LogP contribution in [-0.4, -0.2) is 30.5 Å². The number of nitrogens with one attached hydrogen (secondary N) is 1. The Morgan fingerprint density at radius 1 is 1.25 bits per heavy atom. The van der Waals surface area contributed by atoms with Gasteiger partial charge in [0.25, 0.3) is 0 Å². The summed E-state index contributed by atoms with van der Waals surface area (Å²) in [6, 6.07) is -0.557. The van der Waals surface area contributed by atoms with Gasteiger partial charge in [0.05, 0.1) is 6.42 Å². The lowest BCUT2D eigenvalue weighted by Gasteiger charge is -2.20. The molecule has 16 heavy (non-hydrogen) atoms. The van der Waals surface area contributed by atoms with Gasteiger partial charge in [-0.1, -0.05) is 13.3 Å². The van der Waals surface area contributed by atoms with Crippen molar-refractivity contribution in [3.63, 3.8) is 0 Å². The second-order valence-corrected chi connectivity index (χ2v) is 4.30. The largest absolute Gasteiger partial charge is 0.396 e. The minimum Gasteiger partial charge on any atom is -0.396 e. The molecular weight excluding hydrogens is 219 g/mol. The summed E-state index contributed by atoms with van der Waals surface area (Å²) in [5, 5.41) is 11.7. The summed E-state index contributed by atoms with van der Waals surface area (Å²) in [5.41, 5.74) is 0. The van der Waals surface area contributed by atoms with Crippen LogP contribution in [0.5, 0.6) is 0 Å². The zero-order valence-electron chi connectivity index (χ0n) is 9.98. The highest BCUT2D eigenvalue weighted by molar-refractivity contribution is 4.69. The van der Waals surface area contributed by atoms with E-state index in [4.69, 9.17) is 5.11 Å². The van der Waals surface area contributed by atoms with E-state index >= 15 is 0 Å². The van der Waals surface area contributed by atoms with E-state index in [1.165, 1.54) is 6.92 Å². The number of halogens is 3. The van der Waals surface area contributed by atoms with Gasteiger partial charge < -0.3 is 10.4 Å². The SMILES string of the molecule is CCCC(CCO)CNC(C)CC(F)(F)F. The predicted molar refractivity (Wildman–Crippen MR) is 58.2 cm³/mol. The molecule has 0 aromatic heterocycles. The van der Waals surface area contributed by atoms with Crippen molar-refractivity contribution in [2.75, 3.05) is 13.2 Å². The average Bonchev–Trinajstić information content (AvgIpc) is 2.12. The Hall–Kier alpha value is -0.290. The van der Waals surface area contributed by atoms with Crippen molar-refractivity contribution in [2.45, 2.75) is 51.7 Å². The molecule has 0 aliphatic heterocycles. The topological polar surface area (TPSA) is 32.3 Å². The monoisotopic (exact) mass is 241 g/mol. The molecule has 0 aromatic rings. The second-order valence-electron chi connectivity index (χ2n) is 4.30. The first kappa shape index (κ1) is 15.7. The number of hydrogen-bond acceptors (Lipinski definition) is 2. The van der Waals surface area contributed by atoms with Gasteiger partial charge in [-0.2, -0.15) is 13.2 Å². The van der Waals surface area contributed by atoms with Gasteiger partial charge in [0.15, 0.2) is 0 Å².